The number of piperazine rings is 1. The van der Waals surface area contributed by atoms with Crippen LogP contribution >= 0.6 is 0 Å². The van der Waals surface area contributed by atoms with E-state index in [0.29, 0.717) is 25.2 Å². The minimum absolute atomic E-state index is 0.131. The van der Waals surface area contributed by atoms with Gasteiger partial charge in [-0.3, -0.25) is 0 Å². The number of nitrogens with zero attached hydrogens (tertiary/aromatic N) is 5. The molecular weight excluding hydrogens is 407 g/mol. The van der Waals surface area contributed by atoms with Crippen molar-refractivity contribution < 1.29 is 12.8 Å². The molecule has 2 fully saturated rings. The summed E-state index contributed by atoms with van der Waals surface area (Å²) in [5, 5.41) is 0.938. The van der Waals surface area contributed by atoms with E-state index in [1.54, 1.807) is 23.5 Å². The molecule has 0 unspecified atom stereocenters. The number of nitrogens with one attached hydrogen (secondary N) is 1. The van der Waals surface area contributed by atoms with Crippen molar-refractivity contribution in [1.82, 2.24) is 23.6 Å². The first kappa shape index (κ1) is 19.4. The van der Waals surface area contributed by atoms with Gasteiger partial charge in [0.05, 0.1) is 10.9 Å². The van der Waals surface area contributed by atoms with Gasteiger partial charge in [-0.05, 0) is 36.6 Å². The van der Waals surface area contributed by atoms with E-state index in [2.05, 4.69) is 19.9 Å². The van der Waals surface area contributed by atoms with E-state index in [-0.39, 0.29) is 12.4 Å². The fourth-order valence-corrected chi connectivity index (χ4v) is 6.00. The number of anilines is 1. The predicted molar refractivity (Wildman–Crippen MR) is 112 cm³/mol. The average molecular weight is 431 g/mol. The zero-order valence-electron chi connectivity index (χ0n) is 16.6. The zero-order chi connectivity index (χ0) is 20.9. The number of halogens is 1. The van der Waals surface area contributed by atoms with Gasteiger partial charge < -0.3 is 9.88 Å². The lowest BCUT2D eigenvalue weighted by molar-refractivity contribution is 0.250. The van der Waals surface area contributed by atoms with Crippen LogP contribution in [0.1, 0.15) is 18.4 Å². The summed E-state index contributed by atoms with van der Waals surface area (Å²) in [6.07, 6.45) is 5.00. The van der Waals surface area contributed by atoms with Crippen LogP contribution in [0.25, 0.3) is 11.0 Å². The van der Waals surface area contributed by atoms with Crippen molar-refractivity contribution in [2.24, 2.45) is 0 Å². The third-order valence-electron chi connectivity index (χ3n) is 6.01. The van der Waals surface area contributed by atoms with Gasteiger partial charge in [-0.15, -0.1) is 0 Å². The van der Waals surface area contributed by atoms with Crippen molar-refractivity contribution >= 4 is 27.1 Å². The predicted octanol–water partition coefficient (Wildman–Crippen LogP) is 2.13. The summed E-state index contributed by atoms with van der Waals surface area (Å²) in [4.78, 5) is 14.0. The van der Waals surface area contributed by atoms with Gasteiger partial charge in [-0.2, -0.15) is 17.0 Å². The topological polar surface area (TPSA) is 85.4 Å². The van der Waals surface area contributed by atoms with Crippen LogP contribution in [-0.2, 0) is 16.8 Å². The quantitative estimate of drug-likeness (QED) is 0.670. The number of benzene rings is 1. The minimum atomic E-state index is -3.68. The third kappa shape index (κ3) is 3.24. The van der Waals surface area contributed by atoms with Crippen LogP contribution < -0.4 is 4.90 Å². The standard InChI is InChI=1S/C20H23FN6O2S/c1-25(12-15-3-2-4-16(21)11-15)30(28,29)27-10-9-26(13-20(27)6-7-20)19-17-5-8-22-18(17)23-14-24-19/h2-5,8,11,14H,6-7,9-10,12-13H2,1H3,(H,22,23,24). The van der Waals surface area contributed by atoms with E-state index in [0.717, 1.165) is 29.7 Å². The molecule has 1 aliphatic carbocycles. The molecule has 1 saturated heterocycles. The molecule has 1 N–H and O–H groups in total. The number of hydrogen-bond acceptors (Lipinski definition) is 5. The molecule has 3 aromatic rings. The highest BCUT2D eigenvalue weighted by molar-refractivity contribution is 7.86. The lowest BCUT2D eigenvalue weighted by Crippen LogP contribution is -2.59. The fourth-order valence-electron chi connectivity index (χ4n) is 4.31. The van der Waals surface area contributed by atoms with Gasteiger partial charge >= 0.3 is 0 Å². The Hall–Kier alpha value is -2.56. The Labute approximate surface area is 174 Å². The summed E-state index contributed by atoms with van der Waals surface area (Å²) in [5.41, 5.74) is 0.982. The van der Waals surface area contributed by atoms with Gasteiger partial charge in [0.25, 0.3) is 10.2 Å². The van der Waals surface area contributed by atoms with E-state index < -0.39 is 15.7 Å². The molecule has 10 heteroatoms. The molecule has 158 valence electrons. The molecule has 0 radical (unpaired) electrons. The largest absolute Gasteiger partial charge is 0.353 e. The van der Waals surface area contributed by atoms with Gasteiger partial charge in [0.1, 0.15) is 23.6 Å². The second-order valence-electron chi connectivity index (χ2n) is 8.05. The molecule has 2 aromatic heterocycles. The smallest absolute Gasteiger partial charge is 0.282 e. The number of rotatable bonds is 5. The van der Waals surface area contributed by atoms with Crippen LogP contribution in [0.2, 0.25) is 0 Å². The molecule has 1 spiro atoms. The number of aromatic amines is 1. The minimum Gasteiger partial charge on any atom is -0.353 e. The van der Waals surface area contributed by atoms with Crippen LogP contribution in [0.4, 0.5) is 10.2 Å². The maximum absolute atomic E-state index is 13.5. The Morgan fingerprint density at radius 1 is 1.23 bits per heavy atom. The molecule has 8 nitrogen and oxygen atoms in total. The van der Waals surface area contributed by atoms with E-state index in [4.69, 9.17) is 0 Å². The van der Waals surface area contributed by atoms with Gasteiger partial charge in [0.15, 0.2) is 0 Å². The summed E-state index contributed by atoms with van der Waals surface area (Å²) in [5.74, 6) is 0.462. The number of hydrogen-bond donors (Lipinski definition) is 1. The second-order valence-corrected chi connectivity index (χ2v) is 10.0. The van der Waals surface area contributed by atoms with Crippen molar-refractivity contribution in [3.8, 4) is 0 Å². The number of aromatic nitrogens is 3. The van der Waals surface area contributed by atoms with E-state index in [1.165, 1.54) is 22.8 Å². The SMILES string of the molecule is CN(Cc1cccc(F)c1)S(=O)(=O)N1CCN(c2ncnc3[nH]ccc23)CC12CC2. The average Bonchev–Trinajstić information content (AvgIpc) is 3.29. The highest BCUT2D eigenvalue weighted by Gasteiger charge is 2.56. The molecular formula is C20H23FN6O2S. The lowest BCUT2D eigenvalue weighted by Gasteiger charge is -2.43. The highest BCUT2D eigenvalue weighted by Crippen LogP contribution is 2.47. The third-order valence-corrected chi connectivity index (χ3v) is 8.06. The summed E-state index contributed by atoms with van der Waals surface area (Å²) in [6, 6.07) is 7.99. The van der Waals surface area contributed by atoms with Crippen molar-refractivity contribution in [3.63, 3.8) is 0 Å². The molecule has 0 bridgehead atoms. The molecule has 1 aromatic carbocycles. The molecule has 0 amide bonds. The maximum atomic E-state index is 13.5. The van der Waals surface area contributed by atoms with Crippen LogP contribution in [0.15, 0.2) is 42.9 Å². The lowest BCUT2D eigenvalue weighted by atomic mass is 10.2. The fraction of sp³-hybridized carbons (Fsp3) is 0.400. The normalized spacial score (nSPS) is 19.1. The molecule has 3 heterocycles. The van der Waals surface area contributed by atoms with Gasteiger partial charge in [0.2, 0.25) is 0 Å². The highest BCUT2D eigenvalue weighted by atomic mass is 32.2. The molecule has 30 heavy (non-hydrogen) atoms. The first-order valence-corrected chi connectivity index (χ1v) is 11.3. The molecule has 0 atom stereocenters. The van der Waals surface area contributed by atoms with Crippen LogP contribution in [0.3, 0.4) is 0 Å². The molecule has 5 rings (SSSR count). The van der Waals surface area contributed by atoms with Gasteiger partial charge in [-0.1, -0.05) is 12.1 Å². The van der Waals surface area contributed by atoms with E-state index in [9.17, 15) is 12.8 Å². The Balaban J connectivity index is 1.37. The van der Waals surface area contributed by atoms with E-state index in [1.807, 2.05) is 12.3 Å². The Bertz CT molecular complexity index is 1190. The van der Waals surface area contributed by atoms with Gasteiger partial charge in [0, 0.05) is 39.4 Å². The van der Waals surface area contributed by atoms with Crippen molar-refractivity contribution in [2.45, 2.75) is 24.9 Å². The second kappa shape index (κ2) is 7.00. The van der Waals surface area contributed by atoms with Gasteiger partial charge in [-0.25, -0.2) is 14.4 Å². The van der Waals surface area contributed by atoms with Crippen molar-refractivity contribution in [3.05, 3.63) is 54.2 Å². The Morgan fingerprint density at radius 2 is 2.07 bits per heavy atom. The molecule has 1 saturated carbocycles. The number of fused-ring (bicyclic) bond motifs is 1. The summed E-state index contributed by atoms with van der Waals surface area (Å²) < 4.78 is 43.1. The van der Waals surface area contributed by atoms with Crippen LogP contribution in [0.5, 0.6) is 0 Å². The molecule has 2 aliphatic rings. The van der Waals surface area contributed by atoms with Crippen LogP contribution in [0, 0.1) is 5.82 Å². The first-order valence-electron chi connectivity index (χ1n) is 9.91. The monoisotopic (exact) mass is 430 g/mol. The zero-order valence-corrected chi connectivity index (χ0v) is 17.4. The van der Waals surface area contributed by atoms with Crippen molar-refractivity contribution in [2.75, 3.05) is 31.6 Å². The summed E-state index contributed by atoms with van der Waals surface area (Å²) in [6.45, 7) is 1.65. The first-order chi connectivity index (χ1) is 14.4. The van der Waals surface area contributed by atoms with Crippen LogP contribution in [-0.4, -0.2) is 64.2 Å². The summed E-state index contributed by atoms with van der Waals surface area (Å²) in [7, 11) is -2.12. The van der Waals surface area contributed by atoms with E-state index >= 15 is 0 Å². The number of H-pyrrole nitrogens is 1. The Morgan fingerprint density at radius 3 is 2.83 bits per heavy atom. The Kier molecular flexibility index (Phi) is 4.53. The molecule has 1 aliphatic heterocycles. The maximum Gasteiger partial charge on any atom is 0.282 e. The summed E-state index contributed by atoms with van der Waals surface area (Å²) >= 11 is 0. The van der Waals surface area contributed by atoms with Crippen molar-refractivity contribution in [1.29, 1.82) is 0 Å².